The molecule has 150 valence electrons. The Morgan fingerprint density at radius 1 is 1.04 bits per heavy atom. The van der Waals surface area contributed by atoms with E-state index in [1.165, 1.54) is 14.2 Å². The summed E-state index contributed by atoms with van der Waals surface area (Å²) in [5, 5.41) is 0. The van der Waals surface area contributed by atoms with Gasteiger partial charge in [0.05, 0.1) is 25.4 Å². The number of methoxy groups -OCH3 is 2. The highest BCUT2D eigenvalue weighted by Gasteiger charge is 2.68. The van der Waals surface area contributed by atoms with E-state index >= 15 is 0 Å². The third-order valence-electron chi connectivity index (χ3n) is 6.19. The zero-order valence-electron chi connectivity index (χ0n) is 17.9. The minimum absolute atomic E-state index is 0.193. The molecule has 2 rings (SSSR count). The van der Waals surface area contributed by atoms with Crippen molar-refractivity contribution >= 4 is 19.1 Å². The first kappa shape index (κ1) is 21.7. The SMILES string of the molecule is C/C=C1\CC(C(=O)OC)(C(=O)OC)C(B2OC(C)(C)C(C)(C)O2)C1=C(C)C. The molecule has 27 heavy (non-hydrogen) atoms. The maximum absolute atomic E-state index is 13.0. The van der Waals surface area contributed by atoms with E-state index in [4.69, 9.17) is 18.8 Å². The number of hydrogen-bond acceptors (Lipinski definition) is 6. The van der Waals surface area contributed by atoms with Gasteiger partial charge in [0.1, 0.15) is 0 Å². The van der Waals surface area contributed by atoms with Gasteiger partial charge < -0.3 is 18.8 Å². The van der Waals surface area contributed by atoms with Crippen LogP contribution in [0.15, 0.2) is 22.8 Å². The van der Waals surface area contributed by atoms with Gasteiger partial charge in [0.2, 0.25) is 0 Å². The van der Waals surface area contributed by atoms with Gasteiger partial charge in [0.15, 0.2) is 5.41 Å². The Balaban J connectivity index is 2.74. The van der Waals surface area contributed by atoms with Crippen LogP contribution in [-0.4, -0.2) is 44.5 Å². The van der Waals surface area contributed by atoms with E-state index in [-0.39, 0.29) is 6.42 Å². The molecule has 6 nitrogen and oxygen atoms in total. The second-order valence-corrected chi connectivity index (χ2v) is 8.46. The van der Waals surface area contributed by atoms with Crippen LogP contribution in [0.25, 0.3) is 0 Å². The Labute approximate surface area is 162 Å². The lowest BCUT2D eigenvalue weighted by atomic mass is 9.56. The molecule has 1 aliphatic heterocycles. The van der Waals surface area contributed by atoms with Crippen LogP contribution in [0.1, 0.15) is 54.9 Å². The molecule has 1 saturated carbocycles. The number of carbonyl (C=O) groups excluding carboxylic acids is 2. The normalized spacial score (nSPS) is 27.0. The molecule has 1 saturated heterocycles. The van der Waals surface area contributed by atoms with Crippen LogP contribution in [0.3, 0.4) is 0 Å². The average Bonchev–Trinajstić information content (AvgIpc) is 3.05. The highest BCUT2D eigenvalue weighted by atomic mass is 16.7. The molecule has 2 fully saturated rings. The summed E-state index contributed by atoms with van der Waals surface area (Å²) in [4.78, 5) is 25.9. The molecule has 1 aliphatic carbocycles. The van der Waals surface area contributed by atoms with Crippen LogP contribution in [0, 0.1) is 5.41 Å². The number of allylic oxidation sites excluding steroid dienone is 4. The number of ether oxygens (including phenoxy) is 2. The minimum atomic E-state index is -1.54. The van der Waals surface area contributed by atoms with Crippen LogP contribution in [0.2, 0.25) is 5.82 Å². The first-order valence-electron chi connectivity index (χ1n) is 9.25. The monoisotopic (exact) mass is 378 g/mol. The van der Waals surface area contributed by atoms with Crippen molar-refractivity contribution in [3.8, 4) is 0 Å². The summed E-state index contributed by atoms with van der Waals surface area (Å²) in [5.74, 6) is -1.93. The molecule has 0 radical (unpaired) electrons. The summed E-state index contributed by atoms with van der Waals surface area (Å²) in [6, 6.07) is 0. The van der Waals surface area contributed by atoms with Crippen molar-refractivity contribution in [2.75, 3.05) is 14.2 Å². The summed E-state index contributed by atoms with van der Waals surface area (Å²) < 4.78 is 22.7. The third kappa shape index (κ3) is 3.15. The molecule has 0 spiro atoms. The Morgan fingerprint density at radius 2 is 1.48 bits per heavy atom. The molecular weight excluding hydrogens is 347 g/mol. The number of esters is 2. The number of carbonyl (C=O) groups is 2. The molecular formula is C20H31BO6. The van der Waals surface area contributed by atoms with E-state index in [1.54, 1.807) is 0 Å². The average molecular weight is 378 g/mol. The first-order valence-corrected chi connectivity index (χ1v) is 9.25. The van der Waals surface area contributed by atoms with Crippen LogP contribution in [0.5, 0.6) is 0 Å². The molecule has 1 atom stereocenters. The van der Waals surface area contributed by atoms with Gasteiger partial charge in [-0.25, -0.2) is 0 Å². The van der Waals surface area contributed by atoms with Crippen molar-refractivity contribution in [1.29, 1.82) is 0 Å². The van der Waals surface area contributed by atoms with Crippen molar-refractivity contribution in [2.24, 2.45) is 5.41 Å². The summed E-state index contributed by atoms with van der Waals surface area (Å²) in [6.07, 6.45) is 2.12. The molecule has 0 aromatic heterocycles. The van der Waals surface area contributed by atoms with Gasteiger partial charge >= 0.3 is 19.1 Å². The maximum Gasteiger partial charge on any atom is 0.467 e. The minimum Gasteiger partial charge on any atom is -0.468 e. The fourth-order valence-electron chi connectivity index (χ4n) is 4.08. The Morgan fingerprint density at radius 3 is 1.81 bits per heavy atom. The summed E-state index contributed by atoms with van der Waals surface area (Å²) in [7, 11) is 1.78. The van der Waals surface area contributed by atoms with Gasteiger partial charge in [-0.1, -0.05) is 11.6 Å². The highest BCUT2D eigenvalue weighted by molar-refractivity contribution is 6.51. The molecule has 7 heteroatoms. The zero-order chi connectivity index (χ0) is 20.8. The van der Waals surface area contributed by atoms with Crippen molar-refractivity contribution in [3.05, 3.63) is 22.8 Å². The van der Waals surface area contributed by atoms with Gasteiger partial charge in [-0.2, -0.15) is 0 Å². The van der Waals surface area contributed by atoms with Crippen LogP contribution >= 0.6 is 0 Å². The van der Waals surface area contributed by atoms with Crippen molar-refractivity contribution in [1.82, 2.24) is 0 Å². The summed E-state index contributed by atoms with van der Waals surface area (Å²) in [6.45, 7) is 13.6. The Hall–Kier alpha value is -1.60. The van der Waals surface area contributed by atoms with Gasteiger partial charge in [-0.05, 0) is 66.0 Å². The zero-order valence-corrected chi connectivity index (χ0v) is 17.9. The molecule has 0 amide bonds. The Bertz CT molecular complexity index is 667. The lowest BCUT2D eigenvalue weighted by Gasteiger charge is -2.32. The van der Waals surface area contributed by atoms with Gasteiger partial charge in [0, 0.05) is 5.82 Å². The lowest BCUT2D eigenvalue weighted by Crippen LogP contribution is -2.48. The van der Waals surface area contributed by atoms with Crippen molar-refractivity contribution in [2.45, 2.75) is 71.9 Å². The fourth-order valence-corrected chi connectivity index (χ4v) is 4.08. The van der Waals surface area contributed by atoms with Crippen LogP contribution in [0.4, 0.5) is 0 Å². The van der Waals surface area contributed by atoms with Gasteiger partial charge in [0.25, 0.3) is 0 Å². The molecule has 1 unspecified atom stereocenters. The lowest BCUT2D eigenvalue weighted by molar-refractivity contribution is -0.168. The standard InChI is InChI=1S/C20H31BO6/c1-10-13-11-20(16(22)24-8,17(23)25-9)15(14(13)12(2)3)21-26-18(4,5)19(6,7)27-21/h10,15H,11H2,1-9H3/b13-10+. The van der Waals surface area contributed by atoms with Crippen molar-refractivity contribution in [3.63, 3.8) is 0 Å². The predicted molar refractivity (Wildman–Crippen MR) is 103 cm³/mol. The summed E-state index contributed by atoms with van der Waals surface area (Å²) in [5.41, 5.74) is 0.0659. The van der Waals surface area contributed by atoms with Crippen molar-refractivity contribution < 1.29 is 28.4 Å². The molecule has 0 bridgehead atoms. The van der Waals surface area contributed by atoms with E-state index in [2.05, 4.69) is 0 Å². The van der Waals surface area contributed by atoms with E-state index in [0.29, 0.717) is 0 Å². The second-order valence-electron chi connectivity index (χ2n) is 8.46. The van der Waals surface area contributed by atoms with Gasteiger partial charge in [-0.3, -0.25) is 9.59 Å². The number of rotatable bonds is 3. The van der Waals surface area contributed by atoms with Crippen LogP contribution in [-0.2, 0) is 28.4 Å². The molecule has 0 aromatic rings. The quantitative estimate of drug-likeness (QED) is 0.426. The van der Waals surface area contributed by atoms with E-state index in [0.717, 1.165) is 16.7 Å². The molecule has 0 N–H and O–H groups in total. The van der Waals surface area contributed by atoms with E-state index in [9.17, 15) is 9.59 Å². The predicted octanol–water partition coefficient (Wildman–Crippen LogP) is 3.47. The third-order valence-corrected chi connectivity index (χ3v) is 6.19. The topological polar surface area (TPSA) is 71.1 Å². The van der Waals surface area contributed by atoms with E-state index < -0.39 is 41.5 Å². The first-order chi connectivity index (χ1) is 12.4. The fraction of sp³-hybridized carbons (Fsp3) is 0.700. The highest BCUT2D eigenvalue weighted by Crippen LogP contribution is 2.60. The largest absolute Gasteiger partial charge is 0.468 e. The van der Waals surface area contributed by atoms with Gasteiger partial charge in [-0.15, -0.1) is 0 Å². The summed E-state index contributed by atoms with van der Waals surface area (Å²) >= 11 is 0. The smallest absolute Gasteiger partial charge is 0.467 e. The Kier molecular flexibility index (Phi) is 5.70. The number of hydrogen-bond donors (Lipinski definition) is 0. The van der Waals surface area contributed by atoms with Crippen LogP contribution < -0.4 is 0 Å². The molecule has 1 heterocycles. The second kappa shape index (κ2) is 7.10. The maximum atomic E-state index is 13.0. The van der Waals surface area contributed by atoms with E-state index in [1.807, 2.05) is 54.5 Å². The molecule has 2 aliphatic rings. The molecule has 0 aromatic carbocycles.